The van der Waals surface area contributed by atoms with Crippen LogP contribution in [0, 0.1) is 0 Å². The van der Waals surface area contributed by atoms with Crippen LogP contribution in [0.2, 0.25) is 5.02 Å². The predicted octanol–water partition coefficient (Wildman–Crippen LogP) is 3.55. The second kappa shape index (κ2) is 8.56. The van der Waals surface area contributed by atoms with Crippen LogP contribution >= 0.6 is 11.6 Å². The summed E-state index contributed by atoms with van der Waals surface area (Å²) in [5.41, 5.74) is 2.46. The van der Waals surface area contributed by atoms with E-state index in [1.54, 1.807) is 24.3 Å². The van der Waals surface area contributed by atoms with Gasteiger partial charge in [0.25, 0.3) is 0 Å². The molecule has 0 radical (unpaired) electrons. The van der Waals surface area contributed by atoms with Crippen molar-refractivity contribution < 1.29 is 13.2 Å². The Labute approximate surface area is 160 Å². The van der Waals surface area contributed by atoms with E-state index in [0.29, 0.717) is 0 Å². The molecule has 0 aromatic heterocycles. The molecule has 0 bridgehead atoms. The van der Waals surface area contributed by atoms with Gasteiger partial charge in [0, 0.05) is 0 Å². The standard InChI is InChI=1S/C19H23ClN2O3S/c1-4-15-9-11-16(12-10-15)14(2)21-19(23)13-22(26(3,24)25)18-8-6-5-7-17(18)20/h5-12,14H,4,13H2,1-3H3,(H,21,23)/t14-/m0/s1. The SMILES string of the molecule is CCc1ccc([C@H](C)NC(=O)CN(c2ccccc2Cl)S(C)(=O)=O)cc1. The summed E-state index contributed by atoms with van der Waals surface area (Å²) < 4.78 is 25.3. The average Bonchev–Trinajstić information content (AvgIpc) is 2.59. The highest BCUT2D eigenvalue weighted by molar-refractivity contribution is 7.92. The largest absolute Gasteiger partial charge is 0.348 e. The fraction of sp³-hybridized carbons (Fsp3) is 0.316. The molecule has 0 aliphatic carbocycles. The molecule has 0 saturated heterocycles. The molecule has 1 amide bonds. The van der Waals surface area contributed by atoms with Gasteiger partial charge in [-0.05, 0) is 36.6 Å². The zero-order chi connectivity index (χ0) is 19.3. The maximum Gasteiger partial charge on any atom is 0.241 e. The van der Waals surface area contributed by atoms with Crippen molar-refractivity contribution in [2.45, 2.75) is 26.3 Å². The number of nitrogens with zero attached hydrogens (tertiary/aromatic N) is 1. The number of carbonyl (C=O) groups excluding carboxylic acids is 1. The first-order chi connectivity index (χ1) is 12.2. The minimum absolute atomic E-state index is 0.235. The van der Waals surface area contributed by atoms with Crippen molar-refractivity contribution in [3.05, 3.63) is 64.7 Å². The van der Waals surface area contributed by atoms with Crippen molar-refractivity contribution in [2.75, 3.05) is 17.1 Å². The minimum Gasteiger partial charge on any atom is -0.348 e. The number of carbonyl (C=O) groups is 1. The summed E-state index contributed by atoms with van der Waals surface area (Å²) in [5, 5.41) is 3.11. The number of halogens is 1. The van der Waals surface area contributed by atoms with Crippen molar-refractivity contribution in [3.63, 3.8) is 0 Å². The van der Waals surface area contributed by atoms with E-state index in [4.69, 9.17) is 11.6 Å². The van der Waals surface area contributed by atoms with E-state index in [2.05, 4.69) is 12.2 Å². The highest BCUT2D eigenvalue weighted by Gasteiger charge is 2.23. The number of hydrogen-bond acceptors (Lipinski definition) is 3. The third-order valence-electron chi connectivity index (χ3n) is 4.07. The Morgan fingerprint density at radius 1 is 1.15 bits per heavy atom. The van der Waals surface area contributed by atoms with E-state index >= 15 is 0 Å². The van der Waals surface area contributed by atoms with Crippen LogP contribution < -0.4 is 9.62 Å². The zero-order valence-corrected chi connectivity index (χ0v) is 16.6. The maximum absolute atomic E-state index is 12.4. The number of nitrogens with one attached hydrogen (secondary N) is 1. The molecule has 0 aliphatic rings. The molecule has 140 valence electrons. The lowest BCUT2D eigenvalue weighted by Gasteiger charge is -2.24. The lowest BCUT2D eigenvalue weighted by molar-refractivity contribution is -0.120. The van der Waals surface area contributed by atoms with Crippen LogP contribution in [0.25, 0.3) is 0 Å². The van der Waals surface area contributed by atoms with Crippen molar-refractivity contribution in [3.8, 4) is 0 Å². The molecular formula is C19H23ClN2O3S. The van der Waals surface area contributed by atoms with Crippen LogP contribution in [0.5, 0.6) is 0 Å². The molecule has 7 heteroatoms. The first-order valence-electron chi connectivity index (χ1n) is 8.32. The van der Waals surface area contributed by atoms with E-state index in [1.165, 1.54) is 5.56 Å². The number of amides is 1. The van der Waals surface area contributed by atoms with Gasteiger partial charge in [-0.15, -0.1) is 0 Å². The van der Waals surface area contributed by atoms with Crippen LogP contribution in [0.3, 0.4) is 0 Å². The number of sulfonamides is 1. The van der Waals surface area contributed by atoms with Crippen LogP contribution in [0.15, 0.2) is 48.5 Å². The Bertz CT molecular complexity index is 867. The minimum atomic E-state index is -3.66. The molecule has 0 saturated carbocycles. The van der Waals surface area contributed by atoms with Gasteiger partial charge in [-0.1, -0.05) is 54.9 Å². The van der Waals surface area contributed by atoms with E-state index in [9.17, 15) is 13.2 Å². The molecule has 1 atom stereocenters. The molecule has 0 aliphatic heterocycles. The summed E-state index contributed by atoms with van der Waals surface area (Å²) in [6.45, 7) is 3.60. The zero-order valence-electron chi connectivity index (χ0n) is 15.1. The number of aryl methyl sites for hydroxylation is 1. The summed E-state index contributed by atoms with van der Waals surface area (Å²) in [7, 11) is -3.66. The van der Waals surface area contributed by atoms with Gasteiger partial charge < -0.3 is 5.32 Å². The molecule has 26 heavy (non-hydrogen) atoms. The third-order valence-corrected chi connectivity index (χ3v) is 5.52. The van der Waals surface area contributed by atoms with Crippen molar-refractivity contribution in [1.82, 2.24) is 5.32 Å². The Balaban J connectivity index is 2.13. The topological polar surface area (TPSA) is 66.5 Å². The normalized spacial score (nSPS) is 12.5. The lowest BCUT2D eigenvalue weighted by Crippen LogP contribution is -2.41. The average molecular weight is 395 g/mol. The summed E-state index contributed by atoms with van der Waals surface area (Å²) in [5.74, 6) is -0.401. The number of benzene rings is 2. The van der Waals surface area contributed by atoms with Crippen molar-refractivity contribution >= 4 is 33.2 Å². The highest BCUT2D eigenvalue weighted by atomic mass is 35.5. The van der Waals surface area contributed by atoms with Gasteiger partial charge in [-0.25, -0.2) is 8.42 Å². The van der Waals surface area contributed by atoms with Crippen LogP contribution in [-0.2, 0) is 21.2 Å². The number of anilines is 1. The third kappa shape index (κ3) is 5.22. The Kier molecular flexibility index (Phi) is 6.67. The van der Waals surface area contributed by atoms with Crippen LogP contribution in [0.1, 0.15) is 31.0 Å². The molecule has 2 aromatic rings. The Hall–Kier alpha value is -2.05. The van der Waals surface area contributed by atoms with E-state index in [0.717, 1.165) is 22.5 Å². The highest BCUT2D eigenvalue weighted by Crippen LogP contribution is 2.27. The van der Waals surface area contributed by atoms with E-state index in [1.807, 2.05) is 31.2 Å². The monoisotopic (exact) mass is 394 g/mol. The first-order valence-corrected chi connectivity index (χ1v) is 10.6. The molecular weight excluding hydrogens is 372 g/mol. The van der Waals surface area contributed by atoms with Crippen LogP contribution in [0.4, 0.5) is 5.69 Å². The van der Waals surface area contributed by atoms with Gasteiger partial charge in [0.15, 0.2) is 0 Å². The second-order valence-corrected chi connectivity index (χ2v) is 8.42. The Morgan fingerprint density at radius 3 is 2.31 bits per heavy atom. The van der Waals surface area contributed by atoms with E-state index in [-0.39, 0.29) is 23.3 Å². The van der Waals surface area contributed by atoms with Gasteiger partial charge in [-0.3, -0.25) is 9.10 Å². The fourth-order valence-electron chi connectivity index (χ4n) is 2.58. The van der Waals surface area contributed by atoms with Crippen molar-refractivity contribution in [1.29, 1.82) is 0 Å². The van der Waals surface area contributed by atoms with Crippen LogP contribution in [-0.4, -0.2) is 27.1 Å². The van der Waals surface area contributed by atoms with Gasteiger partial charge >= 0.3 is 0 Å². The first kappa shape index (κ1) is 20.3. The predicted molar refractivity (Wildman–Crippen MR) is 106 cm³/mol. The van der Waals surface area contributed by atoms with E-state index < -0.39 is 15.9 Å². The fourth-order valence-corrected chi connectivity index (χ4v) is 3.73. The second-order valence-electron chi connectivity index (χ2n) is 6.11. The summed E-state index contributed by atoms with van der Waals surface area (Å²) >= 11 is 6.10. The van der Waals surface area contributed by atoms with Gasteiger partial charge in [-0.2, -0.15) is 0 Å². The quantitative estimate of drug-likeness (QED) is 0.780. The summed E-state index contributed by atoms with van der Waals surface area (Å²) in [4.78, 5) is 12.4. The molecule has 0 unspecified atom stereocenters. The molecule has 2 rings (SSSR count). The number of rotatable bonds is 7. The van der Waals surface area contributed by atoms with Gasteiger partial charge in [0.2, 0.25) is 15.9 Å². The van der Waals surface area contributed by atoms with Crippen molar-refractivity contribution in [2.24, 2.45) is 0 Å². The molecule has 5 nitrogen and oxygen atoms in total. The molecule has 0 spiro atoms. The molecule has 2 aromatic carbocycles. The Morgan fingerprint density at radius 2 is 1.77 bits per heavy atom. The number of hydrogen-bond donors (Lipinski definition) is 1. The lowest BCUT2D eigenvalue weighted by atomic mass is 10.1. The maximum atomic E-state index is 12.4. The van der Waals surface area contributed by atoms with Gasteiger partial charge in [0.05, 0.1) is 23.0 Å². The molecule has 1 N–H and O–H groups in total. The number of para-hydroxylation sites is 1. The summed E-state index contributed by atoms with van der Waals surface area (Å²) in [6.07, 6.45) is 2.00. The van der Waals surface area contributed by atoms with Gasteiger partial charge in [0.1, 0.15) is 6.54 Å². The molecule has 0 heterocycles. The summed E-state index contributed by atoms with van der Waals surface area (Å²) in [6, 6.07) is 14.3. The molecule has 0 fully saturated rings. The smallest absolute Gasteiger partial charge is 0.241 e.